The van der Waals surface area contributed by atoms with Crippen molar-refractivity contribution in [3.05, 3.63) is 29.3 Å². The van der Waals surface area contributed by atoms with Crippen LogP contribution in [-0.2, 0) is 0 Å². The fourth-order valence-corrected chi connectivity index (χ4v) is 2.04. The Morgan fingerprint density at radius 2 is 1.71 bits per heavy atom. The lowest BCUT2D eigenvalue weighted by molar-refractivity contribution is 0.0642. The van der Waals surface area contributed by atoms with Crippen LogP contribution in [0, 0.1) is 6.92 Å². The van der Waals surface area contributed by atoms with E-state index in [1.165, 1.54) is 6.07 Å². The van der Waals surface area contributed by atoms with Gasteiger partial charge in [0.2, 0.25) is 0 Å². The third-order valence-electron chi connectivity index (χ3n) is 2.80. The van der Waals surface area contributed by atoms with Gasteiger partial charge in [0.05, 0.1) is 0 Å². The molecule has 3 nitrogen and oxygen atoms in total. The summed E-state index contributed by atoms with van der Waals surface area (Å²) in [6.07, 6.45) is 0. The van der Waals surface area contributed by atoms with Crippen molar-refractivity contribution in [2.24, 2.45) is 0 Å². The van der Waals surface area contributed by atoms with Gasteiger partial charge >= 0.3 is 0 Å². The fourth-order valence-electron chi connectivity index (χ4n) is 2.04. The molecule has 0 bridgehead atoms. The highest BCUT2D eigenvalue weighted by atomic mass is 16.3. The number of aryl methyl sites for hydroxylation is 1. The zero-order valence-electron chi connectivity index (χ0n) is 11.2. The molecule has 0 saturated carbocycles. The van der Waals surface area contributed by atoms with Crippen molar-refractivity contribution in [2.75, 3.05) is 0 Å². The number of hydrogen-bond acceptors (Lipinski definition) is 2. The molecular formula is C14H21NO2. The molecule has 1 N–H and O–H groups in total. The summed E-state index contributed by atoms with van der Waals surface area (Å²) in [6, 6.07) is 5.19. The van der Waals surface area contributed by atoms with Gasteiger partial charge in [-0.15, -0.1) is 0 Å². The molecule has 0 aliphatic rings. The quantitative estimate of drug-likeness (QED) is 0.875. The molecule has 0 fully saturated rings. The molecule has 0 saturated heterocycles. The molecule has 94 valence electrons. The normalized spacial score (nSPS) is 11.0. The van der Waals surface area contributed by atoms with Crippen molar-refractivity contribution in [2.45, 2.75) is 46.7 Å². The van der Waals surface area contributed by atoms with Crippen LogP contribution in [0.15, 0.2) is 18.2 Å². The molecule has 0 aromatic heterocycles. The van der Waals surface area contributed by atoms with Gasteiger partial charge in [-0.25, -0.2) is 0 Å². The minimum atomic E-state index is -0.0246. The van der Waals surface area contributed by atoms with Gasteiger partial charge < -0.3 is 10.0 Å². The third kappa shape index (κ3) is 2.99. The maximum Gasteiger partial charge on any atom is 0.254 e. The van der Waals surface area contributed by atoms with E-state index in [0.717, 1.165) is 5.56 Å². The van der Waals surface area contributed by atoms with E-state index in [0.29, 0.717) is 5.56 Å². The largest absolute Gasteiger partial charge is 0.508 e. The first-order chi connectivity index (χ1) is 7.84. The Hall–Kier alpha value is -1.51. The Kier molecular flexibility index (Phi) is 4.16. The lowest BCUT2D eigenvalue weighted by Gasteiger charge is -2.31. The molecule has 3 heteroatoms. The molecule has 0 radical (unpaired) electrons. The first-order valence-corrected chi connectivity index (χ1v) is 5.97. The average molecular weight is 235 g/mol. The number of phenols is 1. The first kappa shape index (κ1) is 13.6. The van der Waals surface area contributed by atoms with Crippen molar-refractivity contribution < 1.29 is 9.90 Å². The Morgan fingerprint density at radius 3 is 2.18 bits per heavy atom. The minimum Gasteiger partial charge on any atom is -0.508 e. The summed E-state index contributed by atoms with van der Waals surface area (Å²) in [5.41, 5.74) is 1.46. The van der Waals surface area contributed by atoms with Crippen molar-refractivity contribution in [3.8, 4) is 5.75 Å². The monoisotopic (exact) mass is 235 g/mol. The first-order valence-electron chi connectivity index (χ1n) is 5.97. The minimum absolute atomic E-state index is 0.0246. The van der Waals surface area contributed by atoms with Gasteiger partial charge in [-0.05, 0) is 52.3 Å². The van der Waals surface area contributed by atoms with Gasteiger partial charge in [0.1, 0.15) is 5.75 Å². The number of benzene rings is 1. The summed E-state index contributed by atoms with van der Waals surface area (Å²) in [5, 5.41) is 9.47. The second-order valence-electron chi connectivity index (χ2n) is 4.90. The second-order valence-corrected chi connectivity index (χ2v) is 4.90. The van der Waals surface area contributed by atoms with Gasteiger partial charge in [0, 0.05) is 17.6 Å². The Morgan fingerprint density at radius 1 is 1.18 bits per heavy atom. The van der Waals surface area contributed by atoms with Crippen molar-refractivity contribution >= 4 is 5.91 Å². The number of aromatic hydroxyl groups is 1. The van der Waals surface area contributed by atoms with Crippen LogP contribution in [0.2, 0.25) is 0 Å². The average Bonchev–Trinajstić information content (AvgIpc) is 2.20. The number of rotatable bonds is 3. The van der Waals surface area contributed by atoms with E-state index in [1.54, 1.807) is 12.1 Å². The number of nitrogens with zero attached hydrogens (tertiary/aromatic N) is 1. The summed E-state index contributed by atoms with van der Waals surface area (Å²) >= 11 is 0. The van der Waals surface area contributed by atoms with Crippen LogP contribution in [0.25, 0.3) is 0 Å². The summed E-state index contributed by atoms with van der Waals surface area (Å²) in [5.74, 6) is 0.106. The van der Waals surface area contributed by atoms with Crippen molar-refractivity contribution in [1.29, 1.82) is 0 Å². The fraction of sp³-hybridized carbons (Fsp3) is 0.500. The molecule has 1 rings (SSSR count). The maximum absolute atomic E-state index is 12.4. The Balaban J connectivity index is 3.14. The predicted molar refractivity (Wildman–Crippen MR) is 69.3 cm³/mol. The topological polar surface area (TPSA) is 40.5 Å². The van der Waals surface area contributed by atoms with Gasteiger partial charge in [-0.2, -0.15) is 0 Å². The number of hydrogen-bond donors (Lipinski definition) is 1. The molecule has 1 aromatic rings. The second kappa shape index (κ2) is 5.21. The number of phenolic OH excluding ortho intramolecular Hbond substituents is 1. The highest BCUT2D eigenvalue weighted by molar-refractivity contribution is 5.96. The van der Waals surface area contributed by atoms with Crippen LogP contribution in [0.5, 0.6) is 5.75 Å². The van der Waals surface area contributed by atoms with Crippen molar-refractivity contribution in [3.63, 3.8) is 0 Å². The summed E-state index contributed by atoms with van der Waals surface area (Å²) in [4.78, 5) is 14.2. The van der Waals surface area contributed by atoms with E-state index in [-0.39, 0.29) is 23.7 Å². The predicted octanol–water partition coefficient (Wildman–Crippen LogP) is 2.96. The highest BCUT2D eigenvalue weighted by Gasteiger charge is 2.22. The molecule has 1 aromatic carbocycles. The van der Waals surface area contributed by atoms with E-state index < -0.39 is 0 Å². The molecule has 1 amide bonds. The van der Waals surface area contributed by atoms with Crippen LogP contribution in [0.3, 0.4) is 0 Å². The van der Waals surface area contributed by atoms with Crippen LogP contribution in [0.1, 0.15) is 43.6 Å². The summed E-state index contributed by atoms with van der Waals surface area (Å²) < 4.78 is 0. The maximum atomic E-state index is 12.4. The number of carbonyl (C=O) groups is 1. The van der Waals surface area contributed by atoms with Crippen LogP contribution < -0.4 is 0 Å². The summed E-state index contributed by atoms with van der Waals surface area (Å²) in [7, 11) is 0. The van der Waals surface area contributed by atoms with E-state index in [4.69, 9.17) is 0 Å². The zero-order valence-corrected chi connectivity index (χ0v) is 11.2. The number of carbonyl (C=O) groups excluding carboxylic acids is 1. The SMILES string of the molecule is Cc1ccc(O)cc1C(=O)N(C(C)C)C(C)C. The van der Waals surface area contributed by atoms with Gasteiger partial charge in [0.15, 0.2) is 0 Å². The smallest absolute Gasteiger partial charge is 0.254 e. The van der Waals surface area contributed by atoms with Crippen LogP contribution in [0.4, 0.5) is 0 Å². The highest BCUT2D eigenvalue weighted by Crippen LogP contribution is 2.20. The van der Waals surface area contributed by atoms with Crippen molar-refractivity contribution in [1.82, 2.24) is 4.90 Å². The molecule has 0 aliphatic carbocycles. The van der Waals surface area contributed by atoms with Crippen LogP contribution in [-0.4, -0.2) is 28.0 Å². The molecule has 17 heavy (non-hydrogen) atoms. The van der Waals surface area contributed by atoms with Gasteiger partial charge in [0.25, 0.3) is 5.91 Å². The molecular weight excluding hydrogens is 214 g/mol. The number of amides is 1. The molecule has 0 spiro atoms. The van der Waals surface area contributed by atoms with E-state index in [9.17, 15) is 9.90 Å². The molecule has 0 aliphatic heterocycles. The van der Waals surface area contributed by atoms with E-state index in [1.807, 2.05) is 39.5 Å². The standard InChI is InChI=1S/C14H21NO2/c1-9(2)15(10(3)4)14(17)13-8-12(16)7-6-11(13)5/h6-10,16H,1-5H3. The molecule has 0 atom stereocenters. The zero-order chi connectivity index (χ0) is 13.2. The summed E-state index contributed by atoms with van der Waals surface area (Å²) in [6.45, 7) is 9.86. The molecule has 0 heterocycles. The Bertz CT molecular complexity index is 403. The van der Waals surface area contributed by atoms with E-state index >= 15 is 0 Å². The third-order valence-corrected chi connectivity index (χ3v) is 2.80. The Labute approximate surface area is 103 Å². The lowest BCUT2D eigenvalue weighted by Crippen LogP contribution is -2.42. The lowest BCUT2D eigenvalue weighted by atomic mass is 10.1. The molecule has 0 unspecified atom stereocenters. The van der Waals surface area contributed by atoms with Gasteiger partial charge in [-0.1, -0.05) is 6.07 Å². The van der Waals surface area contributed by atoms with Crippen LogP contribution >= 0.6 is 0 Å². The van der Waals surface area contributed by atoms with Gasteiger partial charge in [-0.3, -0.25) is 4.79 Å². The van der Waals surface area contributed by atoms with E-state index in [2.05, 4.69) is 0 Å².